The van der Waals surface area contributed by atoms with Gasteiger partial charge in [0.2, 0.25) is 5.91 Å². The maximum Gasteiger partial charge on any atom is 0.226 e. The number of benzene rings is 2. The highest BCUT2D eigenvalue weighted by molar-refractivity contribution is 7.15. The third-order valence-electron chi connectivity index (χ3n) is 4.14. The molecule has 1 amide bonds. The molecule has 4 aromatic rings. The second kappa shape index (κ2) is 6.66. The Morgan fingerprint density at radius 1 is 1.24 bits per heavy atom. The minimum absolute atomic E-state index is 0.148. The number of aliphatic hydroxyl groups is 1. The maximum absolute atomic E-state index is 12.1. The Hall–Kier alpha value is -2.70. The van der Waals surface area contributed by atoms with Crippen molar-refractivity contribution in [2.45, 2.75) is 12.5 Å². The van der Waals surface area contributed by atoms with Crippen molar-refractivity contribution < 1.29 is 9.90 Å². The number of aromatic nitrogens is 2. The first-order valence-corrected chi connectivity index (χ1v) is 8.91. The van der Waals surface area contributed by atoms with Crippen molar-refractivity contribution in [3.63, 3.8) is 0 Å². The van der Waals surface area contributed by atoms with Crippen molar-refractivity contribution in [2.24, 2.45) is 0 Å². The molecule has 25 heavy (non-hydrogen) atoms. The molecule has 1 unspecified atom stereocenters. The van der Waals surface area contributed by atoms with Crippen LogP contribution in [-0.2, 0) is 11.2 Å². The lowest BCUT2D eigenvalue weighted by molar-refractivity contribution is -0.120. The van der Waals surface area contributed by atoms with E-state index in [2.05, 4.69) is 10.3 Å². The summed E-state index contributed by atoms with van der Waals surface area (Å²) in [5.41, 5.74) is 1.52. The molecule has 5 nitrogen and oxygen atoms in total. The number of carbonyl (C=O) groups is 1. The first kappa shape index (κ1) is 15.8. The minimum atomic E-state index is -0.737. The van der Waals surface area contributed by atoms with Gasteiger partial charge in [0.05, 0.1) is 18.2 Å². The lowest BCUT2D eigenvalue weighted by atomic mass is 10.0. The zero-order chi connectivity index (χ0) is 17.2. The van der Waals surface area contributed by atoms with Gasteiger partial charge in [-0.1, -0.05) is 36.4 Å². The minimum Gasteiger partial charge on any atom is -0.387 e. The molecule has 0 bridgehead atoms. The Bertz CT molecular complexity index is 1010. The van der Waals surface area contributed by atoms with Gasteiger partial charge in [-0.3, -0.25) is 9.20 Å². The molecule has 1 atom stereocenters. The third kappa shape index (κ3) is 3.40. The van der Waals surface area contributed by atoms with Crippen molar-refractivity contribution in [2.75, 3.05) is 6.54 Å². The Kier molecular flexibility index (Phi) is 4.21. The Labute approximate surface area is 148 Å². The van der Waals surface area contributed by atoms with E-state index in [9.17, 15) is 9.90 Å². The van der Waals surface area contributed by atoms with Gasteiger partial charge in [0.25, 0.3) is 0 Å². The molecule has 2 aromatic carbocycles. The molecule has 0 aliphatic rings. The lowest BCUT2D eigenvalue weighted by Crippen LogP contribution is -2.29. The zero-order valence-electron chi connectivity index (χ0n) is 13.4. The summed E-state index contributed by atoms with van der Waals surface area (Å²) in [7, 11) is 0. The predicted molar refractivity (Wildman–Crippen MR) is 98.7 cm³/mol. The van der Waals surface area contributed by atoms with E-state index in [0.717, 1.165) is 27.0 Å². The van der Waals surface area contributed by atoms with Gasteiger partial charge in [0.1, 0.15) is 0 Å². The molecule has 0 aliphatic carbocycles. The average molecular weight is 351 g/mol. The number of fused-ring (bicyclic) bond motifs is 2. The van der Waals surface area contributed by atoms with Crippen molar-refractivity contribution in [3.8, 4) is 0 Å². The topological polar surface area (TPSA) is 66.6 Å². The fourth-order valence-electron chi connectivity index (χ4n) is 2.83. The number of hydrogen-bond acceptors (Lipinski definition) is 4. The van der Waals surface area contributed by atoms with Crippen molar-refractivity contribution >= 4 is 33.0 Å². The summed E-state index contributed by atoms with van der Waals surface area (Å²) >= 11 is 1.53. The normalized spacial score (nSPS) is 12.5. The maximum atomic E-state index is 12.1. The highest BCUT2D eigenvalue weighted by Gasteiger charge is 2.12. The molecule has 0 radical (unpaired) electrons. The van der Waals surface area contributed by atoms with Crippen LogP contribution >= 0.6 is 11.3 Å². The van der Waals surface area contributed by atoms with Gasteiger partial charge in [-0.25, -0.2) is 4.98 Å². The summed E-state index contributed by atoms with van der Waals surface area (Å²) in [6, 6.07) is 13.8. The van der Waals surface area contributed by atoms with Crippen LogP contribution in [-0.4, -0.2) is 26.9 Å². The number of nitrogens with one attached hydrogen (secondary N) is 1. The lowest BCUT2D eigenvalue weighted by Gasteiger charge is -2.13. The largest absolute Gasteiger partial charge is 0.387 e. The van der Waals surface area contributed by atoms with Crippen LogP contribution in [0.15, 0.2) is 60.2 Å². The van der Waals surface area contributed by atoms with Crippen LogP contribution in [0.5, 0.6) is 0 Å². The van der Waals surface area contributed by atoms with E-state index in [1.807, 2.05) is 64.6 Å². The Morgan fingerprint density at radius 3 is 2.92 bits per heavy atom. The van der Waals surface area contributed by atoms with E-state index in [4.69, 9.17) is 0 Å². The summed E-state index contributed by atoms with van der Waals surface area (Å²) in [6.45, 7) is 0.180. The summed E-state index contributed by atoms with van der Waals surface area (Å²) < 4.78 is 1.90. The number of carbonyl (C=O) groups excluding carboxylic acids is 1. The van der Waals surface area contributed by atoms with Gasteiger partial charge in [0.15, 0.2) is 4.96 Å². The molecule has 2 aromatic heterocycles. The molecule has 0 fully saturated rings. The Morgan fingerprint density at radius 2 is 2.08 bits per heavy atom. The predicted octanol–water partition coefficient (Wildman–Crippen LogP) is 2.94. The molecule has 4 rings (SSSR count). The van der Waals surface area contributed by atoms with E-state index in [1.54, 1.807) is 0 Å². The second-order valence-corrected chi connectivity index (χ2v) is 6.80. The summed E-state index contributed by atoms with van der Waals surface area (Å²) in [4.78, 5) is 17.4. The average Bonchev–Trinajstić information content (AvgIpc) is 3.20. The van der Waals surface area contributed by atoms with E-state index >= 15 is 0 Å². The van der Waals surface area contributed by atoms with Crippen LogP contribution in [0.4, 0.5) is 0 Å². The van der Waals surface area contributed by atoms with Crippen LogP contribution in [0.1, 0.15) is 17.4 Å². The molecule has 0 saturated heterocycles. The van der Waals surface area contributed by atoms with E-state index in [0.29, 0.717) is 0 Å². The highest BCUT2D eigenvalue weighted by atomic mass is 32.1. The monoisotopic (exact) mass is 351 g/mol. The fourth-order valence-corrected chi connectivity index (χ4v) is 3.55. The van der Waals surface area contributed by atoms with Gasteiger partial charge in [-0.05, 0) is 22.4 Å². The SMILES string of the molecule is O=C(Cc1cn2ccsc2n1)NCC(O)c1ccc2ccccc2c1. The number of amides is 1. The van der Waals surface area contributed by atoms with Gasteiger partial charge < -0.3 is 10.4 Å². The number of imidazole rings is 1. The van der Waals surface area contributed by atoms with Crippen LogP contribution in [0, 0.1) is 0 Å². The number of hydrogen-bond donors (Lipinski definition) is 2. The molecule has 0 aliphatic heterocycles. The Balaban J connectivity index is 1.37. The number of rotatable bonds is 5. The summed E-state index contributed by atoms with van der Waals surface area (Å²) in [5, 5.41) is 17.3. The van der Waals surface area contributed by atoms with Crippen LogP contribution in [0.25, 0.3) is 15.7 Å². The van der Waals surface area contributed by atoms with Gasteiger partial charge in [0, 0.05) is 24.3 Å². The zero-order valence-corrected chi connectivity index (χ0v) is 14.2. The fraction of sp³-hybridized carbons (Fsp3) is 0.158. The van der Waals surface area contributed by atoms with Gasteiger partial charge in [-0.15, -0.1) is 11.3 Å². The molecular formula is C19H17N3O2S. The summed E-state index contributed by atoms with van der Waals surface area (Å²) in [6.07, 6.45) is 3.24. The van der Waals surface area contributed by atoms with Crippen LogP contribution in [0.3, 0.4) is 0 Å². The van der Waals surface area contributed by atoms with Crippen molar-refractivity contribution in [3.05, 3.63) is 71.5 Å². The van der Waals surface area contributed by atoms with E-state index in [1.165, 1.54) is 11.3 Å². The molecule has 2 heterocycles. The molecule has 0 spiro atoms. The molecular weight excluding hydrogens is 334 g/mol. The number of aliphatic hydroxyl groups excluding tert-OH is 1. The van der Waals surface area contributed by atoms with Crippen molar-refractivity contribution in [1.82, 2.24) is 14.7 Å². The van der Waals surface area contributed by atoms with E-state index in [-0.39, 0.29) is 18.9 Å². The molecule has 6 heteroatoms. The van der Waals surface area contributed by atoms with Gasteiger partial charge >= 0.3 is 0 Å². The first-order chi connectivity index (χ1) is 12.2. The highest BCUT2D eigenvalue weighted by Crippen LogP contribution is 2.20. The van der Waals surface area contributed by atoms with Crippen LogP contribution < -0.4 is 5.32 Å². The molecule has 0 saturated carbocycles. The smallest absolute Gasteiger partial charge is 0.226 e. The molecule has 2 N–H and O–H groups in total. The number of nitrogens with zero attached hydrogens (tertiary/aromatic N) is 2. The first-order valence-electron chi connectivity index (χ1n) is 8.03. The van der Waals surface area contributed by atoms with E-state index < -0.39 is 6.10 Å². The third-order valence-corrected chi connectivity index (χ3v) is 4.91. The summed E-state index contributed by atoms with van der Waals surface area (Å²) in [5.74, 6) is -0.148. The quantitative estimate of drug-likeness (QED) is 0.581. The standard InChI is InChI=1S/C19H17N3O2S/c23-17(15-6-5-13-3-1-2-4-14(13)9-15)11-20-18(24)10-16-12-22-7-8-25-19(22)21-16/h1-9,12,17,23H,10-11H2,(H,20,24). The van der Waals surface area contributed by atoms with Gasteiger partial charge in [-0.2, -0.15) is 0 Å². The van der Waals surface area contributed by atoms with Crippen molar-refractivity contribution in [1.29, 1.82) is 0 Å². The number of thiazole rings is 1. The second-order valence-electron chi connectivity index (χ2n) is 5.93. The van der Waals surface area contributed by atoms with Crippen LogP contribution in [0.2, 0.25) is 0 Å². The molecule has 126 valence electrons.